The van der Waals surface area contributed by atoms with Crippen LogP contribution in [0.25, 0.3) is 10.6 Å². The van der Waals surface area contributed by atoms with Gasteiger partial charge in [0, 0.05) is 11.3 Å². The summed E-state index contributed by atoms with van der Waals surface area (Å²) in [5.41, 5.74) is 8.06. The summed E-state index contributed by atoms with van der Waals surface area (Å²) < 4.78 is 0. The van der Waals surface area contributed by atoms with Crippen molar-refractivity contribution in [1.82, 2.24) is 10.2 Å². The van der Waals surface area contributed by atoms with Crippen molar-refractivity contribution in [3.63, 3.8) is 0 Å². The molecule has 0 radical (unpaired) electrons. The summed E-state index contributed by atoms with van der Waals surface area (Å²) in [4.78, 5) is 4.21. The second kappa shape index (κ2) is 8.86. The third-order valence-corrected chi connectivity index (χ3v) is 4.08. The molecule has 0 bridgehead atoms. The molecule has 8 heteroatoms. The number of aromatic nitrogens is 2. The summed E-state index contributed by atoms with van der Waals surface area (Å²) in [5, 5.41) is 12.8. The van der Waals surface area contributed by atoms with Crippen molar-refractivity contribution in [2.24, 2.45) is 10.7 Å². The molecule has 0 saturated carbocycles. The summed E-state index contributed by atoms with van der Waals surface area (Å²) in [6.07, 6.45) is 2.04. The van der Waals surface area contributed by atoms with E-state index in [9.17, 15) is 0 Å². The van der Waals surface area contributed by atoms with E-state index in [1.165, 1.54) is 16.9 Å². The van der Waals surface area contributed by atoms with Gasteiger partial charge in [0.05, 0.1) is 6.54 Å². The maximum Gasteiger partial charge on any atom is 0.212 e. The Balaban J connectivity index is 0.00000220. The molecule has 21 heavy (non-hydrogen) atoms. The van der Waals surface area contributed by atoms with Crippen molar-refractivity contribution in [3.8, 4) is 10.6 Å². The fourth-order valence-electron chi connectivity index (χ4n) is 1.60. The van der Waals surface area contributed by atoms with Crippen LogP contribution in [0.5, 0.6) is 0 Å². The Morgan fingerprint density at radius 2 is 2.14 bits per heavy atom. The lowest BCUT2D eigenvalue weighted by molar-refractivity contribution is 1.09. The Labute approximate surface area is 138 Å². The highest BCUT2D eigenvalue weighted by Crippen LogP contribution is 2.28. The number of nitrogens with one attached hydrogen (secondary N) is 1. The van der Waals surface area contributed by atoms with Crippen LogP contribution in [0, 0.1) is 6.92 Å². The van der Waals surface area contributed by atoms with Crippen LogP contribution >= 0.6 is 35.5 Å². The van der Waals surface area contributed by atoms with E-state index in [4.69, 9.17) is 5.73 Å². The van der Waals surface area contributed by atoms with Gasteiger partial charge in [-0.1, -0.05) is 35.6 Å². The molecule has 0 spiro atoms. The molecule has 0 unspecified atom stereocenters. The zero-order valence-corrected chi connectivity index (χ0v) is 14.3. The minimum atomic E-state index is 0. The molecule has 1 aromatic heterocycles. The van der Waals surface area contributed by atoms with E-state index in [-0.39, 0.29) is 12.4 Å². The zero-order chi connectivity index (χ0) is 14.4. The van der Waals surface area contributed by atoms with E-state index in [1.807, 2.05) is 24.5 Å². The van der Waals surface area contributed by atoms with Crippen LogP contribution in [0.3, 0.4) is 0 Å². The number of thioether (sulfide) groups is 1. The van der Waals surface area contributed by atoms with Crippen LogP contribution in [0.2, 0.25) is 0 Å². The first-order valence-corrected chi connectivity index (χ1v) is 8.37. The molecule has 114 valence electrons. The molecule has 0 aliphatic carbocycles. The molecule has 1 aromatic carbocycles. The van der Waals surface area contributed by atoms with Gasteiger partial charge >= 0.3 is 0 Å². The van der Waals surface area contributed by atoms with E-state index in [0.29, 0.717) is 17.6 Å². The molecule has 2 rings (SSSR count). The number of hydrogen-bond donors (Lipinski definition) is 2. The third kappa shape index (κ3) is 5.18. The first-order valence-electron chi connectivity index (χ1n) is 6.16. The first-order chi connectivity index (χ1) is 9.70. The first kappa shape index (κ1) is 17.7. The summed E-state index contributed by atoms with van der Waals surface area (Å²) in [7, 11) is 0. The lowest BCUT2D eigenvalue weighted by Crippen LogP contribution is -2.23. The van der Waals surface area contributed by atoms with Crippen molar-refractivity contribution in [2.45, 2.75) is 6.92 Å². The smallest absolute Gasteiger partial charge is 0.212 e. The minimum absolute atomic E-state index is 0. The summed E-state index contributed by atoms with van der Waals surface area (Å²) in [6, 6.07) is 8.10. The van der Waals surface area contributed by atoms with Crippen LogP contribution < -0.4 is 11.1 Å². The Kier molecular flexibility index (Phi) is 7.49. The molecule has 0 atom stereocenters. The summed E-state index contributed by atoms with van der Waals surface area (Å²) >= 11 is 3.21. The lowest BCUT2D eigenvalue weighted by atomic mass is 10.1. The average molecular weight is 344 g/mol. The molecule has 0 amide bonds. The molecular weight excluding hydrogens is 326 g/mol. The molecule has 1 heterocycles. The van der Waals surface area contributed by atoms with Crippen LogP contribution in [0.4, 0.5) is 5.13 Å². The van der Waals surface area contributed by atoms with Crippen LogP contribution in [0.1, 0.15) is 5.56 Å². The highest BCUT2D eigenvalue weighted by atomic mass is 35.5. The fourth-order valence-corrected chi connectivity index (χ4v) is 2.72. The molecule has 0 aliphatic heterocycles. The fraction of sp³-hybridized carbons (Fsp3) is 0.308. The van der Waals surface area contributed by atoms with Gasteiger partial charge in [0.15, 0.2) is 5.96 Å². The number of guanidine groups is 1. The van der Waals surface area contributed by atoms with Gasteiger partial charge in [0.25, 0.3) is 0 Å². The molecule has 2 aromatic rings. The number of nitrogens with two attached hydrogens (primary N) is 1. The summed E-state index contributed by atoms with van der Waals surface area (Å²) in [5.74, 6) is 1.33. The van der Waals surface area contributed by atoms with E-state index in [0.717, 1.165) is 16.3 Å². The third-order valence-electron chi connectivity index (χ3n) is 2.61. The predicted molar refractivity (Wildman–Crippen MR) is 95.8 cm³/mol. The highest BCUT2D eigenvalue weighted by Gasteiger charge is 2.08. The van der Waals surface area contributed by atoms with Crippen LogP contribution in [-0.2, 0) is 0 Å². The zero-order valence-electron chi connectivity index (χ0n) is 11.9. The SMILES string of the molecule is CSCCN=C(N)Nc1nnc(-c2ccccc2C)s1.Cl. The second-order valence-corrected chi connectivity index (χ2v) is 6.08. The van der Waals surface area contributed by atoms with Crippen molar-refractivity contribution < 1.29 is 0 Å². The van der Waals surface area contributed by atoms with Crippen LogP contribution in [0.15, 0.2) is 29.3 Å². The van der Waals surface area contributed by atoms with Crippen molar-refractivity contribution >= 4 is 46.6 Å². The monoisotopic (exact) mass is 343 g/mol. The molecule has 3 N–H and O–H groups in total. The Morgan fingerprint density at radius 1 is 1.38 bits per heavy atom. The maximum atomic E-state index is 5.79. The number of nitrogens with zero attached hydrogens (tertiary/aromatic N) is 3. The van der Waals surface area contributed by atoms with E-state index < -0.39 is 0 Å². The van der Waals surface area contributed by atoms with Crippen molar-refractivity contribution in [2.75, 3.05) is 23.9 Å². The standard InChI is InChI=1S/C13H17N5S2.ClH/c1-9-5-3-4-6-10(9)11-17-18-13(20-11)16-12(14)15-7-8-19-2;/h3-6H,7-8H2,1-2H3,(H3,14,15,16,18);1H. The van der Waals surface area contributed by atoms with Gasteiger partial charge in [-0.05, 0) is 18.7 Å². The van der Waals surface area contributed by atoms with Gasteiger partial charge in [-0.3, -0.25) is 4.99 Å². The Hall–Kier alpha value is -1.31. The largest absolute Gasteiger partial charge is 0.370 e. The Morgan fingerprint density at radius 3 is 2.86 bits per heavy atom. The topological polar surface area (TPSA) is 76.2 Å². The normalized spacial score (nSPS) is 11.0. The second-order valence-electron chi connectivity index (χ2n) is 4.11. The summed E-state index contributed by atoms with van der Waals surface area (Å²) in [6.45, 7) is 2.76. The van der Waals surface area contributed by atoms with Gasteiger partial charge in [-0.25, -0.2) is 0 Å². The number of benzene rings is 1. The number of halogens is 1. The number of rotatable bonds is 5. The highest BCUT2D eigenvalue weighted by molar-refractivity contribution is 7.98. The maximum absolute atomic E-state index is 5.79. The molecule has 0 aliphatic rings. The quantitative estimate of drug-likeness (QED) is 0.496. The lowest BCUT2D eigenvalue weighted by Gasteiger charge is -2.00. The van der Waals surface area contributed by atoms with E-state index >= 15 is 0 Å². The number of hydrogen-bond acceptors (Lipinski definition) is 5. The van der Waals surface area contributed by atoms with Crippen molar-refractivity contribution in [3.05, 3.63) is 29.8 Å². The number of aliphatic imine (C=N–C) groups is 1. The molecular formula is C13H18ClN5S2. The molecule has 5 nitrogen and oxygen atoms in total. The van der Waals surface area contributed by atoms with Gasteiger partial charge in [0.2, 0.25) is 5.13 Å². The van der Waals surface area contributed by atoms with Crippen molar-refractivity contribution in [1.29, 1.82) is 0 Å². The van der Waals surface area contributed by atoms with Gasteiger partial charge in [-0.2, -0.15) is 11.8 Å². The van der Waals surface area contributed by atoms with Gasteiger partial charge in [-0.15, -0.1) is 22.6 Å². The minimum Gasteiger partial charge on any atom is -0.370 e. The van der Waals surface area contributed by atoms with Crippen LogP contribution in [-0.4, -0.2) is 34.7 Å². The van der Waals surface area contributed by atoms with Gasteiger partial charge in [0.1, 0.15) is 5.01 Å². The number of aryl methyl sites for hydroxylation is 1. The predicted octanol–water partition coefficient (Wildman–Crippen LogP) is 3.02. The van der Waals surface area contributed by atoms with E-state index in [2.05, 4.69) is 33.5 Å². The number of anilines is 1. The average Bonchev–Trinajstić information content (AvgIpc) is 2.88. The van der Waals surface area contributed by atoms with E-state index in [1.54, 1.807) is 11.8 Å². The molecule has 0 saturated heterocycles. The van der Waals surface area contributed by atoms with Gasteiger partial charge < -0.3 is 11.1 Å². The Bertz CT molecular complexity index is 600. The molecule has 0 fully saturated rings.